The fourth-order valence-electron chi connectivity index (χ4n) is 3.71. The summed E-state index contributed by atoms with van der Waals surface area (Å²) in [5, 5.41) is 10.6. The molecule has 1 N–H and O–H groups in total. The van der Waals surface area contributed by atoms with Crippen molar-refractivity contribution in [3.63, 3.8) is 0 Å². The quantitative estimate of drug-likeness (QED) is 0.879. The van der Waals surface area contributed by atoms with Gasteiger partial charge in [0.15, 0.2) is 11.5 Å². The van der Waals surface area contributed by atoms with E-state index in [4.69, 9.17) is 9.47 Å². The van der Waals surface area contributed by atoms with E-state index in [9.17, 15) is 14.7 Å². The standard InChI is InChI=1S/C20H22N2O5/c23-16-12-22(20(25)7-10-21-8-2-1-3-19(21)24)9-6-15(16)14-4-5-17-18(11-14)27-13-26-17/h1-5,8,11,15-16,23H,6-7,9-10,12-13H2/t15-,16+/m0/s1. The molecule has 27 heavy (non-hydrogen) atoms. The summed E-state index contributed by atoms with van der Waals surface area (Å²) in [4.78, 5) is 25.9. The number of fused-ring (bicyclic) bond motifs is 1. The van der Waals surface area contributed by atoms with Gasteiger partial charge < -0.3 is 24.0 Å². The van der Waals surface area contributed by atoms with Crippen LogP contribution in [0, 0.1) is 0 Å². The van der Waals surface area contributed by atoms with E-state index in [2.05, 4.69) is 0 Å². The molecule has 7 heteroatoms. The van der Waals surface area contributed by atoms with Gasteiger partial charge in [0.25, 0.3) is 5.56 Å². The highest BCUT2D eigenvalue weighted by molar-refractivity contribution is 5.76. The summed E-state index contributed by atoms with van der Waals surface area (Å²) in [5.41, 5.74) is 0.876. The van der Waals surface area contributed by atoms with E-state index in [1.54, 1.807) is 23.2 Å². The number of benzene rings is 1. The van der Waals surface area contributed by atoms with Crippen molar-refractivity contribution in [1.82, 2.24) is 9.47 Å². The lowest BCUT2D eigenvalue weighted by atomic mass is 9.87. The molecular formula is C20H22N2O5. The number of aliphatic hydroxyl groups is 1. The van der Waals surface area contributed by atoms with E-state index in [1.807, 2.05) is 18.2 Å². The first-order chi connectivity index (χ1) is 13.1. The number of ether oxygens (including phenoxy) is 2. The number of hydrogen-bond donors (Lipinski definition) is 1. The first kappa shape index (κ1) is 17.6. The number of pyridine rings is 1. The zero-order valence-corrected chi connectivity index (χ0v) is 14.9. The summed E-state index contributed by atoms with van der Waals surface area (Å²) < 4.78 is 12.3. The van der Waals surface area contributed by atoms with E-state index in [-0.39, 0.29) is 30.6 Å². The van der Waals surface area contributed by atoms with Gasteiger partial charge in [-0.15, -0.1) is 0 Å². The van der Waals surface area contributed by atoms with Crippen molar-refractivity contribution < 1.29 is 19.4 Å². The summed E-state index contributed by atoms with van der Waals surface area (Å²) in [7, 11) is 0. The zero-order chi connectivity index (χ0) is 18.8. The van der Waals surface area contributed by atoms with Gasteiger partial charge in [0.05, 0.1) is 6.10 Å². The lowest BCUT2D eigenvalue weighted by Crippen LogP contribution is -2.46. The molecule has 1 amide bonds. The molecule has 2 aliphatic heterocycles. The van der Waals surface area contributed by atoms with Gasteiger partial charge in [0.2, 0.25) is 12.7 Å². The van der Waals surface area contributed by atoms with Crippen LogP contribution in [0.15, 0.2) is 47.4 Å². The Morgan fingerprint density at radius 1 is 1.19 bits per heavy atom. The van der Waals surface area contributed by atoms with Crippen molar-refractivity contribution in [3.05, 3.63) is 58.5 Å². The zero-order valence-electron chi connectivity index (χ0n) is 14.9. The number of aryl methyl sites for hydroxylation is 1. The third-order valence-electron chi connectivity index (χ3n) is 5.22. The molecule has 0 aliphatic carbocycles. The van der Waals surface area contributed by atoms with Gasteiger partial charge in [0, 0.05) is 44.2 Å². The largest absolute Gasteiger partial charge is 0.454 e. The third-order valence-corrected chi connectivity index (χ3v) is 5.22. The van der Waals surface area contributed by atoms with E-state index >= 15 is 0 Å². The monoisotopic (exact) mass is 370 g/mol. The maximum atomic E-state index is 12.5. The Hall–Kier alpha value is -2.80. The molecule has 2 aliphatic rings. The molecule has 7 nitrogen and oxygen atoms in total. The van der Waals surface area contributed by atoms with Crippen LogP contribution in [0.4, 0.5) is 0 Å². The van der Waals surface area contributed by atoms with Crippen LogP contribution in [0.5, 0.6) is 11.5 Å². The Labute approximate surface area is 156 Å². The number of rotatable bonds is 4. The number of carbonyl (C=O) groups is 1. The van der Waals surface area contributed by atoms with Crippen molar-refractivity contribution in [2.45, 2.75) is 31.4 Å². The van der Waals surface area contributed by atoms with Gasteiger partial charge in [-0.3, -0.25) is 9.59 Å². The van der Waals surface area contributed by atoms with E-state index < -0.39 is 6.10 Å². The van der Waals surface area contributed by atoms with Gasteiger partial charge in [-0.25, -0.2) is 0 Å². The SMILES string of the molecule is O=C(CCn1ccccc1=O)N1CC[C@@H](c2ccc3c(c2)OCO3)[C@H](O)C1. The normalized spacial score (nSPS) is 21.3. The fourth-order valence-corrected chi connectivity index (χ4v) is 3.71. The maximum Gasteiger partial charge on any atom is 0.250 e. The Kier molecular flexibility index (Phi) is 4.85. The molecule has 4 rings (SSSR count). The number of nitrogens with zero attached hydrogens (tertiary/aromatic N) is 2. The second kappa shape index (κ2) is 7.44. The van der Waals surface area contributed by atoms with Crippen molar-refractivity contribution >= 4 is 5.91 Å². The molecule has 0 saturated carbocycles. The molecule has 2 atom stereocenters. The number of aromatic nitrogens is 1. The van der Waals surface area contributed by atoms with Crippen molar-refractivity contribution in [2.24, 2.45) is 0 Å². The molecule has 142 valence electrons. The molecule has 0 spiro atoms. The van der Waals surface area contributed by atoms with Gasteiger partial charge >= 0.3 is 0 Å². The molecule has 1 aromatic carbocycles. The molecule has 0 unspecified atom stereocenters. The number of likely N-dealkylation sites (tertiary alicyclic amines) is 1. The summed E-state index contributed by atoms with van der Waals surface area (Å²) in [6.45, 7) is 1.44. The third kappa shape index (κ3) is 3.68. The number of amides is 1. The summed E-state index contributed by atoms with van der Waals surface area (Å²) in [6, 6.07) is 10.6. The van der Waals surface area contributed by atoms with Crippen LogP contribution in [0.3, 0.4) is 0 Å². The number of carbonyl (C=O) groups excluding carboxylic acids is 1. The second-order valence-corrected chi connectivity index (χ2v) is 6.90. The molecule has 3 heterocycles. The van der Waals surface area contributed by atoms with Gasteiger partial charge in [0.1, 0.15) is 0 Å². The summed E-state index contributed by atoms with van der Waals surface area (Å²) >= 11 is 0. The van der Waals surface area contributed by atoms with Gasteiger partial charge in [-0.05, 0) is 30.2 Å². The van der Waals surface area contributed by atoms with Crippen LogP contribution >= 0.6 is 0 Å². The molecular weight excluding hydrogens is 348 g/mol. The number of piperidine rings is 1. The Bertz CT molecular complexity index is 894. The first-order valence-corrected chi connectivity index (χ1v) is 9.12. The highest BCUT2D eigenvalue weighted by Gasteiger charge is 2.31. The Morgan fingerprint density at radius 2 is 2.04 bits per heavy atom. The van der Waals surface area contributed by atoms with Crippen LogP contribution in [0.1, 0.15) is 24.3 Å². The van der Waals surface area contributed by atoms with Gasteiger partial charge in [-0.2, -0.15) is 0 Å². The predicted octanol–water partition coefficient (Wildman–Crippen LogP) is 1.34. The average molecular weight is 370 g/mol. The van der Waals surface area contributed by atoms with Crippen LogP contribution in [-0.4, -0.2) is 46.5 Å². The number of hydrogen-bond acceptors (Lipinski definition) is 5. The molecule has 0 bridgehead atoms. The highest BCUT2D eigenvalue weighted by atomic mass is 16.7. The molecule has 1 saturated heterocycles. The second-order valence-electron chi connectivity index (χ2n) is 6.90. The van der Waals surface area contributed by atoms with Crippen LogP contribution in [-0.2, 0) is 11.3 Å². The maximum absolute atomic E-state index is 12.5. The first-order valence-electron chi connectivity index (χ1n) is 9.12. The predicted molar refractivity (Wildman–Crippen MR) is 97.8 cm³/mol. The highest BCUT2D eigenvalue weighted by Crippen LogP contribution is 2.37. The minimum atomic E-state index is -0.637. The number of β-amino-alcohol motifs (C(OH)–C–C–N with tert-alkyl or cyclic N) is 1. The van der Waals surface area contributed by atoms with Gasteiger partial charge in [-0.1, -0.05) is 12.1 Å². The molecule has 1 aromatic heterocycles. The average Bonchev–Trinajstić information content (AvgIpc) is 3.15. The molecule has 2 aromatic rings. The lowest BCUT2D eigenvalue weighted by molar-refractivity contribution is -0.135. The van der Waals surface area contributed by atoms with E-state index in [0.717, 1.165) is 11.3 Å². The topological polar surface area (TPSA) is 81.0 Å². The lowest BCUT2D eigenvalue weighted by Gasteiger charge is -2.36. The Balaban J connectivity index is 1.36. The molecule has 0 radical (unpaired) electrons. The van der Waals surface area contributed by atoms with E-state index in [0.29, 0.717) is 31.8 Å². The van der Waals surface area contributed by atoms with Crippen molar-refractivity contribution in [1.29, 1.82) is 0 Å². The minimum Gasteiger partial charge on any atom is -0.454 e. The summed E-state index contributed by atoms with van der Waals surface area (Å²) in [6.07, 6.45) is 1.96. The smallest absolute Gasteiger partial charge is 0.250 e. The summed E-state index contributed by atoms with van der Waals surface area (Å²) in [5.74, 6) is 1.33. The molecule has 1 fully saturated rings. The van der Waals surface area contributed by atoms with Crippen molar-refractivity contribution in [3.8, 4) is 11.5 Å². The van der Waals surface area contributed by atoms with E-state index in [1.165, 1.54) is 10.6 Å². The van der Waals surface area contributed by atoms with Crippen molar-refractivity contribution in [2.75, 3.05) is 19.9 Å². The van der Waals surface area contributed by atoms with Crippen LogP contribution < -0.4 is 15.0 Å². The Morgan fingerprint density at radius 3 is 2.85 bits per heavy atom. The van der Waals surface area contributed by atoms with Crippen LogP contribution in [0.25, 0.3) is 0 Å². The number of aliphatic hydroxyl groups excluding tert-OH is 1. The fraction of sp³-hybridized carbons (Fsp3) is 0.400. The minimum absolute atomic E-state index is 0.0414. The van der Waals surface area contributed by atoms with Crippen LogP contribution in [0.2, 0.25) is 0 Å².